The predicted molar refractivity (Wildman–Crippen MR) is 69.4 cm³/mol. The normalized spacial score (nSPS) is 31.5. The van der Waals surface area contributed by atoms with Gasteiger partial charge in [0.2, 0.25) is 0 Å². The van der Waals surface area contributed by atoms with Gasteiger partial charge in [-0.25, -0.2) is 4.79 Å². The number of aryl methyl sites for hydroxylation is 1. The van der Waals surface area contributed by atoms with E-state index in [-0.39, 0.29) is 23.5 Å². The molecule has 20 heavy (non-hydrogen) atoms. The van der Waals surface area contributed by atoms with Crippen LogP contribution in [0.2, 0.25) is 0 Å². The van der Waals surface area contributed by atoms with Crippen molar-refractivity contribution in [2.45, 2.75) is 37.9 Å². The van der Waals surface area contributed by atoms with E-state index in [0.29, 0.717) is 12.2 Å². The smallest absolute Gasteiger partial charge is 0.330 e. The summed E-state index contributed by atoms with van der Waals surface area (Å²) in [6.07, 6.45) is 0.506. The summed E-state index contributed by atoms with van der Waals surface area (Å²) in [5, 5.41) is 0. The highest BCUT2D eigenvalue weighted by Crippen LogP contribution is 2.40. The van der Waals surface area contributed by atoms with Crippen molar-refractivity contribution < 1.29 is 14.2 Å². The molecular formula is C13H18N2O5. The Kier molecular flexibility index (Phi) is 2.89. The van der Waals surface area contributed by atoms with Crippen molar-refractivity contribution in [1.82, 2.24) is 9.13 Å². The zero-order valence-electron chi connectivity index (χ0n) is 12.0. The summed E-state index contributed by atoms with van der Waals surface area (Å²) < 4.78 is 19.6. The quantitative estimate of drug-likeness (QED) is 0.705. The van der Waals surface area contributed by atoms with Crippen molar-refractivity contribution >= 4 is 0 Å². The van der Waals surface area contributed by atoms with Gasteiger partial charge in [-0.15, -0.1) is 0 Å². The van der Waals surface area contributed by atoms with Crippen LogP contribution in [0.4, 0.5) is 0 Å². The Bertz CT molecular complexity index is 660. The third-order valence-electron chi connectivity index (χ3n) is 3.74. The molecule has 0 aromatic carbocycles. The maximum Gasteiger partial charge on any atom is 0.330 e. The lowest BCUT2D eigenvalue weighted by atomic mass is 10.1. The average molecular weight is 282 g/mol. The van der Waals surface area contributed by atoms with Gasteiger partial charge >= 0.3 is 5.69 Å². The molecule has 0 N–H and O–H groups in total. The van der Waals surface area contributed by atoms with Crippen LogP contribution in [0.1, 0.15) is 25.5 Å². The zero-order chi connectivity index (χ0) is 14.7. The lowest BCUT2D eigenvalue weighted by Crippen LogP contribution is -2.40. The van der Waals surface area contributed by atoms with E-state index in [1.54, 1.807) is 7.05 Å². The highest BCUT2D eigenvalue weighted by Gasteiger charge is 2.51. The zero-order valence-corrected chi connectivity index (χ0v) is 12.0. The lowest BCUT2D eigenvalue weighted by molar-refractivity contribution is -0.175. The van der Waals surface area contributed by atoms with Crippen molar-refractivity contribution in [3.8, 4) is 0 Å². The van der Waals surface area contributed by atoms with Gasteiger partial charge in [-0.1, -0.05) is 0 Å². The van der Waals surface area contributed by atoms with Crippen LogP contribution in [0.3, 0.4) is 0 Å². The number of hydrogen-bond acceptors (Lipinski definition) is 5. The van der Waals surface area contributed by atoms with Gasteiger partial charge in [-0.05, 0) is 13.8 Å². The molecule has 0 aliphatic carbocycles. The van der Waals surface area contributed by atoms with E-state index in [4.69, 9.17) is 14.2 Å². The SMILES string of the molecule is Cn1cc([C@@H]2OC[C@H]3OC(C)(C)O[C@H]32)c(=O)n(C)c1=O. The summed E-state index contributed by atoms with van der Waals surface area (Å²) in [5.41, 5.74) is -0.298. The topological polar surface area (TPSA) is 71.7 Å². The summed E-state index contributed by atoms with van der Waals surface area (Å²) in [5.74, 6) is -0.677. The molecule has 110 valence electrons. The molecule has 2 fully saturated rings. The third-order valence-corrected chi connectivity index (χ3v) is 3.74. The fourth-order valence-electron chi connectivity index (χ4n) is 2.84. The van der Waals surface area contributed by atoms with Crippen LogP contribution in [0.25, 0.3) is 0 Å². The second-order valence-corrected chi connectivity index (χ2v) is 5.73. The minimum absolute atomic E-state index is 0.183. The summed E-state index contributed by atoms with van der Waals surface area (Å²) in [6.45, 7) is 4.05. The van der Waals surface area contributed by atoms with Crippen molar-refractivity contribution in [2.75, 3.05) is 6.61 Å². The van der Waals surface area contributed by atoms with E-state index < -0.39 is 11.9 Å². The van der Waals surface area contributed by atoms with Gasteiger partial charge in [0.1, 0.15) is 18.3 Å². The molecule has 7 heteroatoms. The molecule has 0 saturated carbocycles. The number of nitrogens with zero attached hydrogens (tertiary/aromatic N) is 2. The van der Waals surface area contributed by atoms with E-state index in [9.17, 15) is 9.59 Å². The van der Waals surface area contributed by atoms with Gasteiger partial charge in [0.25, 0.3) is 5.56 Å². The van der Waals surface area contributed by atoms with Crippen LogP contribution in [-0.2, 0) is 28.3 Å². The first-order chi connectivity index (χ1) is 9.30. The number of fused-ring (bicyclic) bond motifs is 1. The second-order valence-electron chi connectivity index (χ2n) is 5.73. The predicted octanol–water partition coefficient (Wildman–Crippen LogP) is -0.325. The van der Waals surface area contributed by atoms with Crippen molar-refractivity contribution in [3.05, 3.63) is 32.6 Å². The second kappa shape index (κ2) is 4.28. The molecule has 0 amide bonds. The van der Waals surface area contributed by atoms with E-state index in [1.807, 2.05) is 13.8 Å². The van der Waals surface area contributed by atoms with Gasteiger partial charge in [-0.3, -0.25) is 9.36 Å². The van der Waals surface area contributed by atoms with Gasteiger partial charge in [-0.2, -0.15) is 0 Å². The standard InChI is InChI=1S/C13H18N2O5/c1-13(2)19-8-6-18-9(10(8)20-13)7-5-14(3)12(17)15(4)11(7)16/h5,8-10H,6H2,1-4H3/t8-,9+,10-/m1/s1. The number of rotatable bonds is 1. The van der Waals surface area contributed by atoms with Gasteiger partial charge in [0.05, 0.1) is 12.2 Å². The summed E-state index contributed by atoms with van der Waals surface area (Å²) in [6, 6.07) is 0. The van der Waals surface area contributed by atoms with Crippen LogP contribution in [0, 0.1) is 0 Å². The maximum atomic E-state index is 12.3. The van der Waals surface area contributed by atoms with E-state index in [0.717, 1.165) is 4.57 Å². The Balaban J connectivity index is 2.03. The molecule has 2 aliphatic rings. The van der Waals surface area contributed by atoms with Gasteiger partial charge < -0.3 is 18.8 Å². The summed E-state index contributed by atoms with van der Waals surface area (Å²) >= 11 is 0. The van der Waals surface area contributed by atoms with Crippen LogP contribution in [0.15, 0.2) is 15.8 Å². The van der Waals surface area contributed by atoms with Crippen LogP contribution in [0.5, 0.6) is 0 Å². The largest absolute Gasteiger partial charge is 0.368 e. The van der Waals surface area contributed by atoms with Crippen molar-refractivity contribution in [2.24, 2.45) is 14.1 Å². The number of ether oxygens (including phenoxy) is 3. The first-order valence-electron chi connectivity index (χ1n) is 6.54. The average Bonchev–Trinajstić information content (AvgIpc) is 2.86. The molecule has 0 radical (unpaired) electrons. The molecule has 1 aromatic rings. The fourth-order valence-corrected chi connectivity index (χ4v) is 2.84. The Morgan fingerprint density at radius 2 is 1.95 bits per heavy atom. The molecule has 3 atom stereocenters. The van der Waals surface area contributed by atoms with E-state index in [1.165, 1.54) is 17.8 Å². The van der Waals surface area contributed by atoms with Crippen molar-refractivity contribution in [3.63, 3.8) is 0 Å². The van der Waals surface area contributed by atoms with Crippen LogP contribution < -0.4 is 11.2 Å². The Morgan fingerprint density at radius 1 is 1.25 bits per heavy atom. The van der Waals surface area contributed by atoms with E-state index >= 15 is 0 Å². The maximum absolute atomic E-state index is 12.3. The summed E-state index contributed by atoms with van der Waals surface area (Å²) in [4.78, 5) is 24.0. The molecule has 1 aromatic heterocycles. The van der Waals surface area contributed by atoms with Gasteiger partial charge in [0.15, 0.2) is 5.79 Å². The molecule has 3 rings (SSSR count). The monoisotopic (exact) mass is 282 g/mol. The van der Waals surface area contributed by atoms with Crippen LogP contribution >= 0.6 is 0 Å². The minimum Gasteiger partial charge on any atom is -0.368 e. The lowest BCUT2D eigenvalue weighted by Gasteiger charge is -2.22. The Morgan fingerprint density at radius 3 is 2.65 bits per heavy atom. The minimum atomic E-state index is -0.677. The number of aromatic nitrogens is 2. The summed E-state index contributed by atoms with van der Waals surface area (Å²) in [7, 11) is 3.06. The molecular weight excluding hydrogens is 264 g/mol. The van der Waals surface area contributed by atoms with Gasteiger partial charge in [0, 0.05) is 20.3 Å². The fraction of sp³-hybridized carbons (Fsp3) is 0.692. The third kappa shape index (κ3) is 1.93. The molecule has 0 unspecified atom stereocenters. The molecule has 0 spiro atoms. The molecule has 2 aliphatic heterocycles. The molecule has 3 heterocycles. The highest BCUT2D eigenvalue weighted by atomic mass is 16.8. The van der Waals surface area contributed by atoms with E-state index in [2.05, 4.69) is 0 Å². The molecule has 2 saturated heterocycles. The Labute approximate surface area is 115 Å². The first-order valence-corrected chi connectivity index (χ1v) is 6.54. The molecule has 0 bridgehead atoms. The molecule has 7 nitrogen and oxygen atoms in total. The van der Waals surface area contributed by atoms with Crippen molar-refractivity contribution in [1.29, 1.82) is 0 Å². The highest BCUT2D eigenvalue weighted by molar-refractivity contribution is 5.15. The number of hydrogen-bond donors (Lipinski definition) is 0. The van der Waals surface area contributed by atoms with Crippen LogP contribution in [-0.4, -0.2) is 33.7 Å². The first kappa shape index (κ1) is 13.5. The Hall–Kier alpha value is -1.44.